The minimum atomic E-state index is -0.108. The summed E-state index contributed by atoms with van der Waals surface area (Å²) in [7, 11) is 0. The number of furan rings is 1. The molecule has 0 saturated heterocycles. The second-order valence-electron chi connectivity index (χ2n) is 13.8. The maximum absolute atomic E-state index is 6.51. The van der Waals surface area contributed by atoms with Gasteiger partial charge in [0.15, 0.2) is 5.58 Å². The van der Waals surface area contributed by atoms with Crippen molar-refractivity contribution in [3.63, 3.8) is 0 Å². The van der Waals surface area contributed by atoms with Crippen molar-refractivity contribution in [2.75, 3.05) is 0 Å². The largest absolute Gasteiger partial charge is 0.452 e. The van der Waals surface area contributed by atoms with Crippen LogP contribution >= 0.6 is 0 Å². The molecule has 0 amide bonds. The topological polar surface area (TPSA) is 43.9 Å². The van der Waals surface area contributed by atoms with Gasteiger partial charge in [0.25, 0.3) is 0 Å². The van der Waals surface area contributed by atoms with Crippen LogP contribution in [0.15, 0.2) is 144 Å². The lowest BCUT2D eigenvalue weighted by molar-refractivity contribution is 0.666. The highest BCUT2D eigenvalue weighted by Gasteiger charge is 2.36. The van der Waals surface area contributed by atoms with E-state index in [-0.39, 0.29) is 5.41 Å². The molecule has 49 heavy (non-hydrogen) atoms. The SMILES string of the molecule is CC1(C)c2ccccc2-c2ccc3cc4c(cc3c21)c1ccccc1n4-c1nc(-c2ccc3ccccc3c2)c2oc3ccccc3c2n1. The van der Waals surface area contributed by atoms with Gasteiger partial charge in [-0.15, -0.1) is 0 Å². The molecule has 230 valence electrons. The number of benzene rings is 7. The molecule has 3 aromatic heterocycles. The van der Waals surface area contributed by atoms with Gasteiger partial charge in [0.05, 0.1) is 11.0 Å². The third-order valence-electron chi connectivity index (χ3n) is 10.8. The Morgan fingerprint density at radius 3 is 2.22 bits per heavy atom. The van der Waals surface area contributed by atoms with E-state index in [1.54, 1.807) is 0 Å². The molecule has 0 unspecified atom stereocenters. The van der Waals surface area contributed by atoms with Crippen LogP contribution in [0.25, 0.3) is 93.8 Å². The molecule has 0 radical (unpaired) electrons. The van der Waals surface area contributed by atoms with Crippen molar-refractivity contribution >= 4 is 65.4 Å². The average Bonchev–Trinajstić information content (AvgIpc) is 3.75. The predicted octanol–water partition coefficient (Wildman–Crippen LogP) is 11.8. The zero-order valence-corrected chi connectivity index (χ0v) is 27.0. The lowest BCUT2D eigenvalue weighted by Gasteiger charge is -2.23. The Kier molecular flexibility index (Phi) is 5.15. The number of fused-ring (bicyclic) bond motifs is 12. The normalized spacial score (nSPS) is 13.7. The van der Waals surface area contributed by atoms with E-state index in [2.05, 4.69) is 140 Å². The Bertz CT molecular complexity index is 3030. The van der Waals surface area contributed by atoms with Gasteiger partial charge < -0.3 is 4.42 Å². The molecule has 4 nitrogen and oxygen atoms in total. The average molecular weight is 628 g/mol. The highest BCUT2D eigenvalue weighted by Crippen LogP contribution is 2.52. The van der Waals surface area contributed by atoms with Gasteiger partial charge in [0, 0.05) is 27.1 Å². The lowest BCUT2D eigenvalue weighted by atomic mass is 9.80. The second kappa shape index (κ2) is 9.42. The summed E-state index contributed by atoms with van der Waals surface area (Å²) in [6.07, 6.45) is 0. The highest BCUT2D eigenvalue weighted by molar-refractivity contribution is 6.15. The van der Waals surface area contributed by atoms with Gasteiger partial charge in [-0.2, -0.15) is 0 Å². The summed E-state index contributed by atoms with van der Waals surface area (Å²) in [6.45, 7) is 4.72. The Morgan fingerprint density at radius 1 is 0.551 bits per heavy atom. The van der Waals surface area contributed by atoms with E-state index in [0.29, 0.717) is 11.5 Å². The van der Waals surface area contributed by atoms with Crippen LogP contribution in [0.2, 0.25) is 0 Å². The van der Waals surface area contributed by atoms with Gasteiger partial charge in [-0.25, -0.2) is 9.97 Å². The third-order valence-corrected chi connectivity index (χ3v) is 10.8. The molecule has 0 atom stereocenters. The summed E-state index contributed by atoms with van der Waals surface area (Å²) in [5.74, 6) is 0.627. The van der Waals surface area contributed by atoms with E-state index in [4.69, 9.17) is 14.4 Å². The third kappa shape index (κ3) is 3.58. The summed E-state index contributed by atoms with van der Waals surface area (Å²) >= 11 is 0. The standard InChI is InChI=1S/C45H29N3O/c1-45(2)36-16-8-5-13-30(36)32-22-21-28-24-38-35(25-34(28)40(32)45)31-14-6-9-17-37(31)48(38)44-46-41(29-20-19-26-11-3-4-12-27(26)23-29)43-42(47-44)33-15-7-10-18-39(33)49-43/h3-25H,1-2H3. The summed E-state index contributed by atoms with van der Waals surface area (Å²) in [5, 5.41) is 8.20. The van der Waals surface area contributed by atoms with Crippen LogP contribution in [0.5, 0.6) is 0 Å². The summed E-state index contributed by atoms with van der Waals surface area (Å²) in [6, 6.07) is 49.9. The summed E-state index contributed by atoms with van der Waals surface area (Å²) in [5.41, 5.74) is 11.6. The molecule has 1 aliphatic carbocycles. The molecule has 10 aromatic rings. The Morgan fingerprint density at radius 2 is 1.31 bits per heavy atom. The molecular weight excluding hydrogens is 599 g/mol. The van der Waals surface area contributed by atoms with Crippen LogP contribution in [0.1, 0.15) is 25.0 Å². The first-order valence-electron chi connectivity index (χ1n) is 16.8. The zero-order valence-electron chi connectivity index (χ0n) is 27.0. The van der Waals surface area contributed by atoms with Crippen LogP contribution < -0.4 is 0 Å². The van der Waals surface area contributed by atoms with Gasteiger partial charge >= 0.3 is 0 Å². The first-order chi connectivity index (χ1) is 24.0. The molecule has 0 saturated carbocycles. The number of hydrogen-bond acceptors (Lipinski definition) is 3. The molecule has 0 bridgehead atoms. The zero-order chi connectivity index (χ0) is 32.4. The molecule has 3 heterocycles. The van der Waals surface area contributed by atoms with Gasteiger partial charge in [0.1, 0.15) is 16.8 Å². The Hall–Kier alpha value is -6.26. The lowest BCUT2D eigenvalue weighted by Crippen LogP contribution is -2.15. The quantitative estimate of drug-likeness (QED) is 0.192. The van der Waals surface area contributed by atoms with Crippen LogP contribution in [0.4, 0.5) is 0 Å². The molecule has 0 fully saturated rings. The Labute approximate surface area is 281 Å². The van der Waals surface area contributed by atoms with Crippen LogP contribution in [-0.2, 0) is 5.41 Å². The van der Waals surface area contributed by atoms with Gasteiger partial charge in [0.2, 0.25) is 5.95 Å². The van der Waals surface area contributed by atoms with Crippen molar-refractivity contribution in [1.82, 2.24) is 14.5 Å². The fraction of sp³-hybridized carbons (Fsp3) is 0.0667. The highest BCUT2D eigenvalue weighted by atomic mass is 16.3. The van der Waals surface area contributed by atoms with Gasteiger partial charge in [-0.05, 0) is 80.2 Å². The first-order valence-corrected chi connectivity index (χ1v) is 16.8. The maximum Gasteiger partial charge on any atom is 0.236 e. The van der Waals surface area contributed by atoms with Crippen molar-refractivity contribution in [2.45, 2.75) is 19.3 Å². The number of para-hydroxylation sites is 2. The van der Waals surface area contributed by atoms with Gasteiger partial charge in [-0.3, -0.25) is 4.57 Å². The number of nitrogens with zero attached hydrogens (tertiary/aromatic N) is 3. The van der Waals surface area contributed by atoms with E-state index in [1.165, 1.54) is 49.2 Å². The van der Waals surface area contributed by atoms with Crippen molar-refractivity contribution < 1.29 is 4.42 Å². The van der Waals surface area contributed by atoms with Crippen LogP contribution in [-0.4, -0.2) is 14.5 Å². The fourth-order valence-corrected chi connectivity index (χ4v) is 8.51. The molecule has 1 aliphatic rings. The summed E-state index contributed by atoms with van der Waals surface area (Å²) < 4.78 is 8.75. The monoisotopic (exact) mass is 627 g/mol. The number of aromatic nitrogens is 3. The van der Waals surface area contributed by atoms with E-state index >= 15 is 0 Å². The molecule has 0 spiro atoms. The second-order valence-corrected chi connectivity index (χ2v) is 13.8. The molecule has 7 aromatic carbocycles. The van der Waals surface area contributed by atoms with Crippen LogP contribution in [0.3, 0.4) is 0 Å². The number of hydrogen-bond donors (Lipinski definition) is 0. The first kappa shape index (κ1) is 26.8. The van der Waals surface area contributed by atoms with Gasteiger partial charge in [-0.1, -0.05) is 117 Å². The fourth-order valence-electron chi connectivity index (χ4n) is 8.51. The van der Waals surface area contributed by atoms with Crippen molar-refractivity contribution in [1.29, 1.82) is 0 Å². The van der Waals surface area contributed by atoms with Crippen molar-refractivity contribution in [2.24, 2.45) is 0 Å². The van der Waals surface area contributed by atoms with Crippen molar-refractivity contribution in [3.05, 3.63) is 151 Å². The minimum Gasteiger partial charge on any atom is -0.452 e. The van der Waals surface area contributed by atoms with Crippen molar-refractivity contribution in [3.8, 4) is 28.3 Å². The predicted molar refractivity (Wildman–Crippen MR) is 202 cm³/mol. The van der Waals surface area contributed by atoms with E-state index in [0.717, 1.165) is 44.2 Å². The van der Waals surface area contributed by atoms with E-state index in [9.17, 15) is 0 Å². The van der Waals surface area contributed by atoms with E-state index in [1.807, 2.05) is 18.2 Å². The van der Waals surface area contributed by atoms with Crippen LogP contribution in [0, 0.1) is 0 Å². The molecular formula is C45H29N3O. The minimum absolute atomic E-state index is 0.108. The molecule has 0 aliphatic heterocycles. The smallest absolute Gasteiger partial charge is 0.236 e. The molecule has 4 heteroatoms. The van der Waals surface area contributed by atoms with E-state index < -0.39 is 0 Å². The molecule has 0 N–H and O–H groups in total. The maximum atomic E-state index is 6.51. The number of rotatable bonds is 2. The summed E-state index contributed by atoms with van der Waals surface area (Å²) in [4.78, 5) is 10.7. The molecule has 11 rings (SSSR count). The Balaban J connectivity index is 1.24.